The molecule has 0 unspecified atom stereocenters. The van der Waals surface area contributed by atoms with Crippen LogP contribution in [-0.4, -0.2) is 52.1 Å². The third kappa shape index (κ3) is 3.01. The monoisotopic (exact) mass is 402 g/mol. The maximum Gasteiger partial charge on any atom is 0.352 e. The van der Waals surface area contributed by atoms with Crippen LogP contribution in [0.4, 0.5) is 0 Å². The summed E-state index contributed by atoms with van der Waals surface area (Å²) in [5, 5.41) is 12.3. The van der Waals surface area contributed by atoms with Crippen molar-refractivity contribution >= 4 is 41.0 Å². The molecular formula is C18H14N2O7S. The summed E-state index contributed by atoms with van der Waals surface area (Å²) < 4.78 is 10.8. The van der Waals surface area contributed by atoms with Gasteiger partial charge in [-0.15, -0.1) is 11.8 Å². The molecule has 0 radical (unpaired) electrons. The smallest absolute Gasteiger partial charge is 0.352 e. The van der Waals surface area contributed by atoms with Crippen molar-refractivity contribution in [3.8, 4) is 5.75 Å². The fourth-order valence-electron chi connectivity index (χ4n) is 3.19. The standard InChI is InChI=1S/C18H14N2O7S/c21-8-19-14-16(23)20-15(18(24)25)10(7-28-17(14)20)6-26-11-3-1-9-2-4-13(22)27-12(9)5-11/h1-5,8,14,17H,6-7H2,(H,19,21)(H,24,25)/t14-,17-/m1/s1. The van der Waals surface area contributed by atoms with Crippen molar-refractivity contribution in [2.75, 3.05) is 12.4 Å². The van der Waals surface area contributed by atoms with Gasteiger partial charge in [0, 0.05) is 28.8 Å². The molecule has 2 aliphatic heterocycles. The van der Waals surface area contributed by atoms with Gasteiger partial charge in [0.25, 0.3) is 5.91 Å². The summed E-state index contributed by atoms with van der Waals surface area (Å²) in [6.07, 6.45) is 0.432. The van der Waals surface area contributed by atoms with Crippen LogP contribution in [-0.2, 0) is 14.4 Å². The van der Waals surface area contributed by atoms with Gasteiger partial charge in [0.2, 0.25) is 6.41 Å². The molecule has 2 N–H and O–H groups in total. The summed E-state index contributed by atoms with van der Waals surface area (Å²) in [5.74, 6) is -0.949. The zero-order valence-electron chi connectivity index (χ0n) is 14.3. The SMILES string of the molecule is O=CN[C@@H]1C(=O)N2C(C(=O)O)=C(COc3ccc4ccc(=O)oc4c3)CS[C@H]12. The van der Waals surface area contributed by atoms with Gasteiger partial charge in [-0.2, -0.15) is 0 Å². The molecule has 2 aromatic rings. The number of carbonyl (C=O) groups is 3. The topological polar surface area (TPSA) is 126 Å². The van der Waals surface area contributed by atoms with Gasteiger partial charge in [0.1, 0.15) is 35.1 Å². The van der Waals surface area contributed by atoms with E-state index in [9.17, 15) is 24.3 Å². The Balaban J connectivity index is 1.56. The number of nitrogens with one attached hydrogen (secondary N) is 1. The van der Waals surface area contributed by atoms with Gasteiger partial charge in [-0.1, -0.05) is 0 Å². The lowest BCUT2D eigenvalue weighted by molar-refractivity contribution is -0.149. The number of hydrogen-bond acceptors (Lipinski definition) is 7. The molecule has 1 saturated heterocycles. The van der Waals surface area contributed by atoms with Crippen LogP contribution in [0.25, 0.3) is 11.0 Å². The first-order valence-electron chi connectivity index (χ1n) is 8.26. The van der Waals surface area contributed by atoms with Gasteiger partial charge in [-0.25, -0.2) is 9.59 Å². The Morgan fingerprint density at radius 1 is 1.36 bits per heavy atom. The quantitative estimate of drug-likeness (QED) is 0.407. The molecule has 10 heteroatoms. The molecule has 2 amide bonds. The Morgan fingerprint density at radius 3 is 2.89 bits per heavy atom. The van der Waals surface area contributed by atoms with E-state index in [-0.39, 0.29) is 12.3 Å². The number of benzene rings is 1. The van der Waals surface area contributed by atoms with Crippen LogP contribution in [0.1, 0.15) is 0 Å². The van der Waals surface area contributed by atoms with Crippen molar-refractivity contribution in [2.24, 2.45) is 0 Å². The van der Waals surface area contributed by atoms with Crippen LogP contribution in [0, 0.1) is 0 Å². The van der Waals surface area contributed by atoms with Crippen molar-refractivity contribution in [1.29, 1.82) is 0 Å². The zero-order valence-corrected chi connectivity index (χ0v) is 15.1. The number of aliphatic carboxylic acids is 1. The van der Waals surface area contributed by atoms with Gasteiger partial charge in [0.15, 0.2) is 0 Å². The number of carbonyl (C=O) groups excluding carboxylic acids is 2. The Labute approximate surface area is 161 Å². The average molecular weight is 402 g/mol. The van der Waals surface area contributed by atoms with Gasteiger partial charge in [-0.3, -0.25) is 14.5 Å². The second-order valence-corrected chi connectivity index (χ2v) is 7.28. The summed E-state index contributed by atoms with van der Waals surface area (Å²) in [4.78, 5) is 47.1. The highest BCUT2D eigenvalue weighted by atomic mass is 32.2. The van der Waals surface area contributed by atoms with E-state index < -0.39 is 28.9 Å². The molecule has 28 heavy (non-hydrogen) atoms. The number of β-lactam (4-membered cyclic amide) rings is 1. The molecule has 1 aromatic carbocycles. The highest BCUT2D eigenvalue weighted by molar-refractivity contribution is 8.00. The molecule has 9 nitrogen and oxygen atoms in total. The van der Waals surface area contributed by atoms with E-state index in [1.807, 2.05) is 0 Å². The van der Waals surface area contributed by atoms with E-state index in [0.717, 1.165) is 5.39 Å². The van der Waals surface area contributed by atoms with Crippen LogP contribution in [0.3, 0.4) is 0 Å². The molecule has 2 atom stereocenters. The maximum absolute atomic E-state index is 12.2. The third-order valence-corrected chi connectivity index (χ3v) is 5.84. The Hall–Kier alpha value is -3.27. The molecule has 1 aromatic heterocycles. The molecule has 4 rings (SSSR count). The number of rotatable bonds is 6. The predicted octanol–water partition coefficient (Wildman–Crippen LogP) is 0.540. The van der Waals surface area contributed by atoms with Crippen LogP contribution < -0.4 is 15.7 Å². The lowest BCUT2D eigenvalue weighted by Gasteiger charge is -2.49. The Kier molecular flexibility index (Phi) is 4.55. The highest BCUT2D eigenvalue weighted by Gasteiger charge is 2.53. The van der Waals surface area contributed by atoms with Crippen molar-refractivity contribution in [3.63, 3.8) is 0 Å². The third-order valence-electron chi connectivity index (χ3n) is 4.51. The second kappa shape index (κ2) is 7.04. The summed E-state index contributed by atoms with van der Waals surface area (Å²) in [5.41, 5.74) is 0.201. The van der Waals surface area contributed by atoms with Crippen molar-refractivity contribution < 1.29 is 28.6 Å². The lowest BCUT2D eigenvalue weighted by Crippen LogP contribution is -2.69. The van der Waals surface area contributed by atoms with E-state index >= 15 is 0 Å². The number of hydrogen-bond donors (Lipinski definition) is 2. The predicted molar refractivity (Wildman–Crippen MR) is 98.7 cm³/mol. The van der Waals surface area contributed by atoms with Crippen molar-refractivity contribution in [1.82, 2.24) is 10.2 Å². The number of carboxylic acids is 1. The van der Waals surface area contributed by atoms with E-state index in [1.54, 1.807) is 24.3 Å². The fraction of sp³-hybridized carbons (Fsp3) is 0.222. The van der Waals surface area contributed by atoms with Crippen LogP contribution in [0.2, 0.25) is 0 Å². The molecule has 3 heterocycles. The number of amides is 2. The summed E-state index contributed by atoms with van der Waals surface area (Å²) in [6.45, 7) is -0.0422. The van der Waals surface area contributed by atoms with Gasteiger partial charge in [-0.05, 0) is 18.2 Å². The summed E-state index contributed by atoms with van der Waals surface area (Å²) in [6, 6.07) is 7.19. The molecule has 0 aliphatic carbocycles. The fourth-order valence-corrected chi connectivity index (χ4v) is 4.53. The number of nitrogens with zero attached hydrogens (tertiary/aromatic N) is 1. The summed E-state index contributed by atoms with van der Waals surface area (Å²) >= 11 is 1.36. The summed E-state index contributed by atoms with van der Waals surface area (Å²) in [7, 11) is 0. The lowest BCUT2D eigenvalue weighted by atomic mass is 10.0. The number of carboxylic acid groups (broad SMARTS) is 1. The van der Waals surface area contributed by atoms with Gasteiger partial charge >= 0.3 is 11.6 Å². The Bertz CT molecular complexity index is 1080. The first-order valence-corrected chi connectivity index (χ1v) is 9.31. The largest absolute Gasteiger partial charge is 0.489 e. The van der Waals surface area contributed by atoms with Crippen LogP contribution >= 0.6 is 11.8 Å². The first kappa shape index (κ1) is 18.1. The second-order valence-electron chi connectivity index (χ2n) is 6.17. The average Bonchev–Trinajstić information content (AvgIpc) is 2.69. The van der Waals surface area contributed by atoms with E-state index in [0.29, 0.717) is 29.1 Å². The van der Waals surface area contributed by atoms with Gasteiger partial charge in [0.05, 0.1) is 0 Å². The van der Waals surface area contributed by atoms with E-state index in [2.05, 4.69) is 5.32 Å². The normalized spacial score (nSPS) is 21.1. The molecule has 0 saturated carbocycles. The maximum atomic E-state index is 12.2. The molecular weight excluding hydrogens is 388 g/mol. The van der Waals surface area contributed by atoms with E-state index in [4.69, 9.17) is 9.15 Å². The van der Waals surface area contributed by atoms with Gasteiger partial charge < -0.3 is 19.6 Å². The van der Waals surface area contributed by atoms with Crippen LogP contribution in [0.5, 0.6) is 5.75 Å². The van der Waals surface area contributed by atoms with Crippen LogP contribution in [0.15, 0.2) is 50.8 Å². The minimum Gasteiger partial charge on any atom is -0.489 e. The minimum atomic E-state index is -1.23. The molecule has 0 spiro atoms. The van der Waals surface area contributed by atoms with Crippen molar-refractivity contribution in [3.05, 3.63) is 52.0 Å². The molecule has 2 aliphatic rings. The van der Waals surface area contributed by atoms with E-state index in [1.165, 1.54) is 22.7 Å². The number of ether oxygens (including phenoxy) is 1. The molecule has 0 bridgehead atoms. The number of thioether (sulfide) groups is 1. The Morgan fingerprint density at radius 2 is 2.14 bits per heavy atom. The van der Waals surface area contributed by atoms with Crippen molar-refractivity contribution in [2.45, 2.75) is 11.4 Å². The number of fused-ring (bicyclic) bond motifs is 2. The minimum absolute atomic E-state index is 0.0422. The first-order chi connectivity index (χ1) is 13.5. The zero-order chi connectivity index (χ0) is 19.8. The highest BCUT2D eigenvalue weighted by Crippen LogP contribution is 2.40. The molecule has 1 fully saturated rings. The molecule has 144 valence electrons.